The summed E-state index contributed by atoms with van der Waals surface area (Å²) in [5, 5.41) is 1.12. The molecule has 0 unspecified atom stereocenters. The molecule has 0 saturated heterocycles. The molecule has 3 aromatic rings. The number of hydrogen-bond donors (Lipinski definition) is 0. The summed E-state index contributed by atoms with van der Waals surface area (Å²) in [6.07, 6.45) is 1.83. The van der Waals surface area contributed by atoms with Crippen LogP contribution in [0, 0.1) is 34.6 Å². The van der Waals surface area contributed by atoms with E-state index >= 15 is 0 Å². The van der Waals surface area contributed by atoms with E-state index in [1.165, 1.54) is 27.8 Å². The largest absolute Gasteiger partial charge is 0.457 e. The van der Waals surface area contributed by atoms with E-state index in [0.717, 1.165) is 22.4 Å². The normalized spacial score (nSPS) is 11.0. The summed E-state index contributed by atoms with van der Waals surface area (Å²) in [5.74, 6) is 1.74. The molecular formula is C20H21NO. The van der Waals surface area contributed by atoms with Crippen molar-refractivity contribution >= 4 is 10.9 Å². The van der Waals surface area contributed by atoms with Gasteiger partial charge in [-0.1, -0.05) is 12.1 Å². The third-order valence-electron chi connectivity index (χ3n) is 4.55. The van der Waals surface area contributed by atoms with E-state index in [9.17, 15) is 0 Å². The number of ether oxygens (including phenoxy) is 1. The molecule has 0 aliphatic rings. The Labute approximate surface area is 131 Å². The summed E-state index contributed by atoms with van der Waals surface area (Å²) in [5.41, 5.74) is 7.32. The summed E-state index contributed by atoms with van der Waals surface area (Å²) in [7, 11) is 0. The lowest BCUT2D eigenvalue weighted by atomic mass is 9.94. The van der Waals surface area contributed by atoms with Crippen molar-refractivity contribution in [2.45, 2.75) is 34.6 Å². The molecule has 2 heteroatoms. The fourth-order valence-electron chi connectivity index (χ4n) is 2.91. The van der Waals surface area contributed by atoms with Gasteiger partial charge in [0.15, 0.2) is 0 Å². The van der Waals surface area contributed by atoms with Gasteiger partial charge in [0, 0.05) is 11.6 Å². The molecule has 0 atom stereocenters. The van der Waals surface area contributed by atoms with Crippen LogP contribution in [0.4, 0.5) is 0 Å². The lowest BCUT2D eigenvalue weighted by molar-refractivity contribution is 0.487. The number of aromatic nitrogens is 1. The van der Waals surface area contributed by atoms with Gasteiger partial charge in [0.1, 0.15) is 11.5 Å². The molecule has 3 rings (SSSR count). The first kappa shape index (κ1) is 14.6. The van der Waals surface area contributed by atoms with E-state index < -0.39 is 0 Å². The van der Waals surface area contributed by atoms with E-state index in [1.54, 1.807) is 0 Å². The number of hydrogen-bond acceptors (Lipinski definition) is 2. The average molecular weight is 291 g/mol. The molecule has 2 aromatic carbocycles. The number of nitrogens with zero attached hydrogens (tertiary/aromatic N) is 1. The summed E-state index contributed by atoms with van der Waals surface area (Å²) in [6, 6.07) is 10.1. The fraction of sp³-hybridized carbons (Fsp3) is 0.250. The highest BCUT2D eigenvalue weighted by Gasteiger charge is 2.14. The first-order chi connectivity index (χ1) is 10.5. The number of aryl methyl sites for hydroxylation is 3. The van der Waals surface area contributed by atoms with Crippen LogP contribution in [0.2, 0.25) is 0 Å². The molecule has 22 heavy (non-hydrogen) atoms. The van der Waals surface area contributed by atoms with Crippen molar-refractivity contribution in [2.24, 2.45) is 0 Å². The Balaban J connectivity index is 2.23. The third-order valence-corrected chi connectivity index (χ3v) is 4.55. The first-order valence-electron chi connectivity index (χ1n) is 7.58. The molecule has 0 amide bonds. The monoisotopic (exact) mass is 291 g/mol. The maximum absolute atomic E-state index is 6.16. The summed E-state index contributed by atoms with van der Waals surface area (Å²) < 4.78 is 6.16. The van der Waals surface area contributed by atoms with Crippen molar-refractivity contribution in [1.82, 2.24) is 4.98 Å². The predicted octanol–water partition coefficient (Wildman–Crippen LogP) is 5.57. The van der Waals surface area contributed by atoms with Gasteiger partial charge in [0.2, 0.25) is 0 Å². The van der Waals surface area contributed by atoms with Gasteiger partial charge in [-0.2, -0.15) is 0 Å². The average Bonchev–Trinajstić information content (AvgIpc) is 2.50. The van der Waals surface area contributed by atoms with Crippen molar-refractivity contribution in [3.8, 4) is 11.5 Å². The Morgan fingerprint density at radius 1 is 0.818 bits per heavy atom. The Morgan fingerprint density at radius 3 is 2.27 bits per heavy atom. The van der Waals surface area contributed by atoms with Crippen molar-refractivity contribution in [2.75, 3.05) is 0 Å². The highest BCUT2D eigenvalue weighted by atomic mass is 16.5. The highest BCUT2D eigenvalue weighted by Crippen LogP contribution is 2.36. The fourth-order valence-corrected chi connectivity index (χ4v) is 2.91. The standard InChI is InChI=1S/C20H21NO/c1-12-7-6-8-17(11-12)22-18-9-10-21-20-16(5)14(3)13(2)15(4)19(18)20/h6-11H,1-5H3. The third kappa shape index (κ3) is 2.35. The number of fused-ring (bicyclic) bond motifs is 1. The second-order valence-electron chi connectivity index (χ2n) is 5.95. The number of benzene rings is 2. The lowest BCUT2D eigenvalue weighted by Gasteiger charge is -2.16. The minimum atomic E-state index is 0.864. The van der Waals surface area contributed by atoms with Crippen molar-refractivity contribution in [3.63, 3.8) is 0 Å². The van der Waals surface area contributed by atoms with Gasteiger partial charge < -0.3 is 4.74 Å². The van der Waals surface area contributed by atoms with E-state index in [-0.39, 0.29) is 0 Å². The van der Waals surface area contributed by atoms with Gasteiger partial charge >= 0.3 is 0 Å². The zero-order valence-electron chi connectivity index (χ0n) is 13.8. The number of pyridine rings is 1. The lowest BCUT2D eigenvalue weighted by Crippen LogP contribution is -1.98. The molecular weight excluding hydrogens is 270 g/mol. The Kier molecular flexibility index (Phi) is 3.61. The van der Waals surface area contributed by atoms with E-state index in [0.29, 0.717) is 0 Å². The zero-order valence-corrected chi connectivity index (χ0v) is 13.8. The van der Waals surface area contributed by atoms with E-state index in [1.807, 2.05) is 24.4 Å². The maximum atomic E-state index is 6.16. The Morgan fingerprint density at radius 2 is 1.55 bits per heavy atom. The van der Waals surface area contributed by atoms with Crippen LogP contribution in [0.1, 0.15) is 27.8 Å². The number of rotatable bonds is 2. The molecule has 112 valence electrons. The second kappa shape index (κ2) is 5.45. The molecule has 0 aliphatic heterocycles. The van der Waals surface area contributed by atoms with Crippen LogP contribution in [0.3, 0.4) is 0 Å². The predicted molar refractivity (Wildman–Crippen MR) is 91.9 cm³/mol. The van der Waals surface area contributed by atoms with Gasteiger partial charge in [-0.25, -0.2) is 0 Å². The smallest absolute Gasteiger partial charge is 0.138 e. The van der Waals surface area contributed by atoms with Gasteiger partial charge in [-0.3, -0.25) is 4.98 Å². The molecule has 1 heterocycles. The van der Waals surface area contributed by atoms with Crippen LogP contribution >= 0.6 is 0 Å². The van der Waals surface area contributed by atoms with Crippen LogP contribution in [0.5, 0.6) is 11.5 Å². The Hall–Kier alpha value is -2.35. The van der Waals surface area contributed by atoms with Crippen LogP contribution in [0.15, 0.2) is 36.5 Å². The van der Waals surface area contributed by atoms with Gasteiger partial charge in [0.05, 0.1) is 5.52 Å². The van der Waals surface area contributed by atoms with Crippen molar-refractivity contribution < 1.29 is 4.74 Å². The quantitative estimate of drug-likeness (QED) is 0.616. The molecule has 0 radical (unpaired) electrons. The first-order valence-corrected chi connectivity index (χ1v) is 7.58. The van der Waals surface area contributed by atoms with Gasteiger partial charge in [0.25, 0.3) is 0 Å². The van der Waals surface area contributed by atoms with E-state index in [2.05, 4.69) is 51.7 Å². The molecule has 0 aliphatic carbocycles. The molecule has 2 nitrogen and oxygen atoms in total. The zero-order chi connectivity index (χ0) is 15.9. The van der Waals surface area contributed by atoms with Crippen LogP contribution in [0.25, 0.3) is 10.9 Å². The summed E-state index contributed by atoms with van der Waals surface area (Å²) in [6.45, 7) is 10.7. The highest BCUT2D eigenvalue weighted by molar-refractivity contribution is 5.92. The van der Waals surface area contributed by atoms with Crippen LogP contribution in [-0.4, -0.2) is 4.98 Å². The van der Waals surface area contributed by atoms with Crippen LogP contribution in [-0.2, 0) is 0 Å². The summed E-state index contributed by atoms with van der Waals surface area (Å²) >= 11 is 0. The van der Waals surface area contributed by atoms with E-state index in [4.69, 9.17) is 4.74 Å². The molecule has 0 spiro atoms. The van der Waals surface area contributed by atoms with Gasteiger partial charge in [-0.15, -0.1) is 0 Å². The topological polar surface area (TPSA) is 22.1 Å². The van der Waals surface area contributed by atoms with Crippen LogP contribution < -0.4 is 4.74 Å². The molecule has 0 bridgehead atoms. The van der Waals surface area contributed by atoms with Gasteiger partial charge in [-0.05, 0) is 80.6 Å². The SMILES string of the molecule is Cc1cccc(Oc2ccnc3c(C)c(C)c(C)c(C)c23)c1. The Bertz CT molecular complexity index is 865. The maximum Gasteiger partial charge on any atom is 0.138 e. The molecule has 0 saturated carbocycles. The molecule has 1 aromatic heterocycles. The summed E-state index contributed by atoms with van der Waals surface area (Å²) in [4.78, 5) is 4.58. The molecule has 0 N–H and O–H groups in total. The minimum Gasteiger partial charge on any atom is -0.457 e. The molecule has 0 fully saturated rings. The van der Waals surface area contributed by atoms with Crippen molar-refractivity contribution in [1.29, 1.82) is 0 Å². The van der Waals surface area contributed by atoms with Crippen molar-refractivity contribution in [3.05, 3.63) is 64.3 Å². The second-order valence-corrected chi connectivity index (χ2v) is 5.95. The minimum absolute atomic E-state index is 0.864.